The predicted molar refractivity (Wildman–Crippen MR) is 72.1 cm³/mol. The smallest absolute Gasteiger partial charge is 0.0896 e. The average Bonchev–Trinajstić information content (AvgIpc) is 2.61. The zero-order chi connectivity index (χ0) is 12.2. The molecule has 1 rings (SSSR count). The van der Waals surface area contributed by atoms with Gasteiger partial charge in [0, 0.05) is 23.7 Å². The van der Waals surface area contributed by atoms with Gasteiger partial charge in [0.25, 0.3) is 0 Å². The van der Waals surface area contributed by atoms with Gasteiger partial charge in [0.15, 0.2) is 0 Å². The van der Waals surface area contributed by atoms with Crippen molar-refractivity contribution >= 4 is 11.3 Å². The van der Waals surface area contributed by atoms with Crippen LogP contribution in [0.25, 0.3) is 0 Å². The second-order valence-corrected chi connectivity index (χ2v) is 6.54. The van der Waals surface area contributed by atoms with E-state index in [9.17, 15) is 0 Å². The molecule has 1 atom stereocenters. The maximum Gasteiger partial charge on any atom is 0.0896 e. The van der Waals surface area contributed by atoms with Crippen LogP contribution in [-0.4, -0.2) is 17.6 Å². The zero-order valence-electron chi connectivity index (χ0n) is 11.1. The molecule has 2 nitrogen and oxygen atoms in total. The Kier molecular flexibility index (Phi) is 4.93. The molecule has 0 amide bonds. The Balaban J connectivity index is 2.58. The standard InChI is InChI=1S/C13H24N2S/c1-6-13(5,9-15-10(2)3)7-12-8-14-11(4)16-12/h8,10,15H,6-7,9H2,1-5H3. The first-order valence-corrected chi connectivity index (χ1v) is 6.91. The van der Waals surface area contributed by atoms with Crippen molar-refractivity contribution in [1.29, 1.82) is 0 Å². The van der Waals surface area contributed by atoms with Gasteiger partial charge < -0.3 is 5.32 Å². The van der Waals surface area contributed by atoms with Gasteiger partial charge in [-0.05, 0) is 25.2 Å². The fourth-order valence-corrected chi connectivity index (χ4v) is 2.68. The van der Waals surface area contributed by atoms with Crippen LogP contribution in [0, 0.1) is 12.3 Å². The number of aryl methyl sites for hydroxylation is 1. The molecule has 92 valence electrons. The van der Waals surface area contributed by atoms with E-state index in [-0.39, 0.29) is 0 Å². The summed E-state index contributed by atoms with van der Waals surface area (Å²) in [6.45, 7) is 12.2. The van der Waals surface area contributed by atoms with Crippen LogP contribution in [0.3, 0.4) is 0 Å². The molecule has 0 radical (unpaired) electrons. The van der Waals surface area contributed by atoms with Crippen LogP contribution in [0.4, 0.5) is 0 Å². The van der Waals surface area contributed by atoms with Crippen LogP contribution in [0.15, 0.2) is 6.20 Å². The van der Waals surface area contributed by atoms with Crippen molar-refractivity contribution in [3.63, 3.8) is 0 Å². The van der Waals surface area contributed by atoms with Crippen molar-refractivity contribution < 1.29 is 0 Å². The van der Waals surface area contributed by atoms with E-state index >= 15 is 0 Å². The predicted octanol–water partition coefficient (Wildman–Crippen LogP) is 3.41. The first-order valence-electron chi connectivity index (χ1n) is 6.10. The lowest BCUT2D eigenvalue weighted by Crippen LogP contribution is -2.36. The summed E-state index contributed by atoms with van der Waals surface area (Å²) >= 11 is 1.83. The molecule has 1 aromatic heterocycles. The van der Waals surface area contributed by atoms with E-state index in [4.69, 9.17) is 0 Å². The minimum absolute atomic E-state index is 0.350. The number of hydrogen-bond acceptors (Lipinski definition) is 3. The van der Waals surface area contributed by atoms with Gasteiger partial charge in [0.05, 0.1) is 5.01 Å². The Morgan fingerprint density at radius 2 is 2.19 bits per heavy atom. The number of nitrogens with zero attached hydrogens (tertiary/aromatic N) is 1. The summed E-state index contributed by atoms with van der Waals surface area (Å²) < 4.78 is 0. The van der Waals surface area contributed by atoms with Crippen molar-refractivity contribution in [2.24, 2.45) is 5.41 Å². The van der Waals surface area contributed by atoms with Crippen LogP contribution >= 0.6 is 11.3 Å². The molecular weight excluding hydrogens is 216 g/mol. The van der Waals surface area contributed by atoms with Gasteiger partial charge in [-0.1, -0.05) is 27.7 Å². The molecule has 0 aliphatic rings. The van der Waals surface area contributed by atoms with Crippen molar-refractivity contribution in [3.8, 4) is 0 Å². The molecule has 0 aromatic carbocycles. The van der Waals surface area contributed by atoms with E-state index in [2.05, 4.69) is 44.9 Å². The van der Waals surface area contributed by atoms with Gasteiger partial charge in [-0.2, -0.15) is 0 Å². The molecule has 0 spiro atoms. The average molecular weight is 240 g/mol. The lowest BCUT2D eigenvalue weighted by molar-refractivity contribution is 0.283. The molecule has 0 aliphatic heterocycles. The Hall–Kier alpha value is -0.410. The van der Waals surface area contributed by atoms with Gasteiger partial charge in [0.2, 0.25) is 0 Å². The topological polar surface area (TPSA) is 24.9 Å². The van der Waals surface area contributed by atoms with Crippen molar-refractivity contribution in [2.75, 3.05) is 6.54 Å². The second-order valence-electron chi connectivity index (χ2n) is 5.22. The van der Waals surface area contributed by atoms with Crippen molar-refractivity contribution in [3.05, 3.63) is 16.1 Å². The Labute approximate surface area is 103 Å². The first-order chi connectivity index (χ1) is 7.45. The van der Waals surface area contributed by atoms with Gasteiger partial charge in [-0.3, -0.25) is 0 Å². The fourth-order valence-electron chi connectivity index (χ4n) is 1.67. The molecule has 1 N–H and O–H groups in total. The van der Waals surface area contributed by atoms with Crippen LogP contribution in [0.5, 0.6) is 0 Å². The summed E-state index contributed by atoms with van der Waals surface area (Å²) in [6, 6.07) is 0.564. The first kappa shape index (κ1) is 13.7. The van der Waals surface area contributed by atoms with Crippen LogP contribution < -0.4 is 5.32 Å². The molecule has 0 fully saturated rings. The zero-order valence-corrected chi connectivity index (χ0v) is 11.9. The van der Waals surface area contributed by atoms with E-state index in [1.54, 1.807) is 0 Å². The summed E-state index contributed by atoms with van der Waals surface area (Å²) in [6.07, 6.45) is 4.36. The third-order valence-corrected chi connectivity index (χ3v) is 3.97. The Morgan fingerprint density at radius 3 is 2.62 bits per heavy atom. The molecular formula is C13H24N2S. The van der Waals surface area contributed by atoms with Gasteiger partial charge in [-0.15, -0.1) is 11.3 Å². The van der Waals surface area contributed by atoms with E-state index < -0.39 is 0 Å². The largest absolute Gasteiger partial charge is 0.314 e. The summed E-state index contributed by atoms with van der Waals surface area (Å²) in [4.78, 5) is 5.74. The summed E-state index contributed by atoms with van der Waals surface area (Å²) in [5.74, 6) is 0. The van der Waals surface area contributed by atoms with Crippen LogP contribution in [0.2, 0.25) is 0 Å². The maximum atomic E-state index is 4.33. The molecule has 1 aromatic rings. The van der Waals surface area contributed by atoms with Gasteiger partial charge in [-0.25, -0.2) is 4.98 Å². The number of nitrogens with one attached hydrogen (secondary N) is 1. The van der Waals surface area contributed by atoms with E-state index in [0.717, 1.165) is 13.0 Å². The highest BCUT2D eigenvalue weighted by atomic mass is 32.1. The Morgan fingerprint density at radius 1 is 1.50 bits per heavy atom. The number of rotatable bonds is 6. The maximum absolute atomic E-state index is 4.33. The van der Waals surface area contributed by atoms with E-state index in [1.165, 1.54) is 16.3 Å². The van der Waals surface area contributed by atoms with E-state index in [1.807, 2.05) is 17.5 Å². The van der Waals surface area contributed by atoms with Crippen molar-refractivity contribution in [2.45, 2.75) is 53.5 Å². The molecule has 16 heavy (non-hydrogen) atoms. The summed E-state index contributed by atoms with van der Waals surface area (Å²) in [5, 5.41) is 4.72. The normalized spacial score (nSPS) is 15.4. The van der Waals surface area contributed by atoms with Gasteiger partial charge in [0.1, 0.15) is 0 Å². The highest BCUT2D eigenvalue weighted by Gasteiger charge is 2.23. The number of thiazole rings is 1. The lowest BCUT2D eigenvalue weighted by atomic mass is 9.83. The monoisotopic (exact) mass is 240 g/mol. The third-order valence-electron chi connectivity index (χ3n) is 3.06. The quantitative estimate of drug-likeness (QED) is 0.824. The molecule has 0 saturated heterocycles. The van der Waals surface area contributed by atoms with Crippen LogP contribution in [-0.2, 0) is 6.42 Å². The van der Waals surface area contributed by atoms with Crippen molar-refractivity contribution in [1.82, 2.24) is 10.3 Å². The SMILES string of the molecule is CCC(C)(CNC(C)C)Cc1cnc(C)s1. The molecule has 0 aliphatic carbocycles. The molecule has 1 heterocycles. The highest BCUT2D eigenvalue weighted by molar-refractivity contribution is 7.11. The van der Waals surface area contributed by atoms with E-state index in [0.29, 0.717) is 11.5 Å². The van der Waals surface area contributed by atoms with Gasteiger partial charge >= 0.3 is 0 Å². The fraction of sp³-hybridized carbons (Fsp3) is 0.769. The number of aromatic nitrogens is 1. The molecule has 1 unspecified atom stereocenters. The summed E-state index contributed by atoms with van der Waals surface area (Å²) in [5.41, 5.74) is 0.350. The molecule has 3 heteroatoms. The Bertz CT molecular complexity index is 319. The minimum Gasteiger partial charge on any atom is -0.314 e. The second kappa shape index (κ2) is 5.78. The number of hydrogen-bond donors (Lipinski definition) is 1. The van der Waals surface area contributed by atoms with Crippen LogP contribution in [0.1, 0.15) is 44.0 Å². The highest BCUT2D eigenvalue weighted by Crippen LogP contribution is 2.28. The minimum atomic E-state index is 0.350. The molecule has 0 bridgehead atoms. The molecule has 0 saturated carbocycles. The summed E-state index contributed by atoms with van der Waals surface area (Å²) in [7, 11) is 0. The lowest BCUT2D eigenvalue weighted by Gasteiger charge is -2.29. The third kappa shape index (κ3) is 4.22.